The second kappa shape index (κ2) is 9.54. The zero-order valence-corrected chi connectivity index (χ0v) is 16.2. The van der Waals surface area contributed by atoms with Gasteiger partial charge in [0.25, 0.3) is 0 Å². The Bertz CT molecular complexity index is 960. The second-order valence-electron chi connectivity index (χ2n) is 6.04. The van der Waals surface area contributed by atoms with Crippen LogP contribution in [0.15, 0.2) is 60.7 Å². The SMILES string of the molecule is CCOC(=O)C(C(=O)OCC)c1nnc(-c2ccccc2)c(-c2ccccc2)n1. The minimum atomic E-state index is -1.39. The number of hydrogen-bond acceptors (Lipinski definition) is 7. The molecule has 0 saturated carbocycles. The molecule has 148 valence electrons. The van der Waals surface area contributed by atoms with E-state index in [4.69, 9.17) is 9.47 Å². The zero-order valence-electron chi connectivity index (χ0n) is 16.2. The van der Waals surface area contributed by atoms with Crippen molar-refractivity contribution in [2.45, 2.75) is 19.8 Å². The molecule has 0 unspecified atom stereocenters. The first-order chi connectivity index (χ1) is 14.2. The number of esters is 2. The van der Waals surface area contributed by atoms with E-state index in [0.29, 0.717) is 11.4 Å². The molecule has 0 amide bonds. The topological polar surface area (TPSA) is 91.3 Å². The Morgan fingerprint density at radius 3 is 1.72 bits per heavy atom. The van der Waals surface area contributed by atoms with Crippen molar-refractivity contribution in [3.8, 4) is 22.5 Å². The van der Waals surface area contributed by atoms with Crippen LogP contribution in [-0.4, -0.2) is 40.3 Å². The highest BCUT2D eigenvalue weighted by atomic mass is 16.6. The fourth-order valence-electron chi connectivity index (χ4n) is 2.81. The van der Waals surface area contributed by atoms with Crippen LogP contribution in [0.2, 0.25) is 0 Å². The van der Waals surface area contributed by atoms with E-state index in [0.717, 1.165) is 11.1 Å². The molecule has 0 aliphatic carbocycles. The van der Waals surface area contributed by atoms with Crippen LogP contribution in [-0.2, 0) is 19.1 Å². The molecule has 29 heavy (non-hydrogen) atoms. The van der Waals surface area contributed by atoms with Crippen molar-refractivity contribution >= 4 is 11.9 Å². The summed E-state index contributed by atoms with van der Waals surface area (Å²) >= 11 is 0. The molecule has 0 atom stereocenters. The summed E-state index contributed by atoms with van der Waals surface area (Å²) in [4.78, 5) is 29.4. The van der Waals surface area contributed by atoms with Gasteiger partial charge in [0, 0.05) is 11.1 Å². The van der Waals surface area contributed by atoms with Crippen LogP contribution in [0, 0.1) is 0 Å². The molecule has 7 heteroatoms. The smallest absolute Gasteiger partial charge is 0.328 e. The third kappa shape index (κ3) is 4.63. The van der Waals surface area contributed by atoms with Crippen LogP contribution >= 0.6 is 0 Å². The van der Waals surface area contributed by atoms with Crippen molar-refractivity contribution in [3.05, 3.63) is 66.5 Å². The second-order valence-corrected chi connectivity index (χ2v) is 6.04. The van der Waals surface area contributed by atoms with Crippen molar-refractivity contribution < 1.29 is 19.1 Å². The van der Waals surface area contributed by atoms with Gasteiger partial charge in [-0.2, -0.15) is 0 Å². The normalized spacial score (nSPS) is 10.6. The first-order valence-corrected chi connectivity index (χ1v) is 9.34. The van der Waals surface area contributed by atoms with E-state index in [-0.39, 0.29) is 19.0 Å². The van der Waals surface area contributed by atoms with Gasteiger partial charge in [-0.1, -0.05) is 60.7 Å². The summed E-state index contributed by atoms with van der Waals surface area (Å²) in [6.07, 6.45) is 0. The van der Waals surface area contributed by atoms with Crippen LogP contribution in [0.1, 0.15) is 25.6 Å². The number of aromatic nitrogens is 3. The van der Waals surface area contributed by atoms with Crippen LogP contribution in [0.25, 0.3) is 22.5 Å². The zero-order chi connectivity index (χ0) is 20.6. The predicted octanol–water partition coefficient (Wildman–Crippen LogP) is 3.42. The summed E-state index contributed by atoms with van der Waals surface area (Å²) in [6.45, 7) is 3.56. The maximum atomic E-state index is 12.4. The number of hydrogen-bond donors (Lipinski definition) is 0. The summed E-state index contributed by atoms with van der Waals surface area (Å²) in [5, 5.41) is 8.39. The fraction of sp³-hybridized carbons (Fsp3) is 0.227. The summed E-state index contributed by atoms with van der Waals surface area (Å²) in [7, 11) is 0. The molecule has 0 saturated heterocycles. The number of rotatable bonds is 7. The lowest BCUT2D eigenvalue weighted by molar-refractivity contribution is -0.157. The Balaban J connectivity index is 2.15. The largest absolute Gasteiger partial charge is 0.465 e. The molecular formula is C22H21N3O4. The molecule has 0 spiro atoms. The van der Waals surface area contributed by atoms with Gasteiger partial charge in [-0.05, 0) is 13.8 Å². The number of carbonyl (C=O) groups is 2. The van der Waals surface area contributed by atoms with Gasteiger partial charge in [-0.3, -0.25) is 9.59 Å². The first kappa shape index (κ1) is 20.1. The lowest BCUT2D eigenvalue weighted by Crippen LogP contribution is -2.28. The molecule has 0 N–H and O–H groups in total. The van der Waals surface area contributed by atoms with Crippen molar-refractivity contribution in [3.63, 3.8) is 0 Å². The molecular weight excluding hydrogens is 370 g/mol. The average molecular weight is 391 g/mol. The van der Waals surface area contributed by atoms with Gasteiger partial charge in [0.05, 0.1) is 13.2 Å². The lowest BCUT2D eigenvalue weighted by atomic mass is 10.0. The van der Waals surface area contributed by atoms with Crippen LogP contribution in [0.5, 0.6) is 0 Å². The van der Waals surface area contributed by atoms with Crippen LogP contribution in [0.4, 0.5) is 0 Å². The summed E-state index contributed by atoms with van der Waals surface area (Å²) in [5.41, 5.74) is 2.67. The summed E-state index contributed by atoms with van der Waals surface area (Å²) < 4.78 is 10.1. The highest BCUT2D eigenvalue weighted by molar-refractivity contribution is 6.00. The lowest BCUT2D eigenvalue weighted by Gasteiger charge is -2.15. The van der Waals surface area contributed by atoms with Crippen molar-refractivity contribution in [1.29, 1.82) is 0 Å². The average Bonchev–Trinajstić information content (AvgIpc) is 2.75. The van der Waals surface area contributed by atoms with E-state index in [1.54, 1.807) is 13.8 Å². The quantitative estimate of drug-likeness (QED) is 0.450. The maximum absolute atomic E-state index is 12.4. The van der Waals surface area contributed by atoms with E-state index in [9.17, 15) is 9.59 Å². The van der Waals surface area contributed by atoms with E-state index < -0.39 is 17.9 Å². The summed E-state index contributed by atoms with van der Waals surface area (Å²) in [6, 6.07) is 18.9. The minimum absolute atomic E-state index is 0.0552. The monoisotopic (exact) mass is 391 g/mol. The Kier molecular flexibility index (Phi) is 6.63. The fourth-order valence-corrected chi connectivity index (χ4v) is 2.81. The first-order valence-electron chi connectivity index (χ1n) is 9.34. The van der Waals surface area contributed by atoms with E-state index in [1.807, 2.05) is 60.7 Å². The summed E-state index contributed by atoms with van der Waals surface area (Å²) in [5.74, 6) is -2.98. The number of ether oxygens (including phenoxy) is 2. The highest BCUT2D eigenvalue weighted by Gasteiger charge is 2.35. The third-order valence-corrected chi connectivity index (χ3v) is 4.10. The number of nitrogens with zero attached hydrogens (tertiary/aromatic N) is 3. The van der Waals surface area contributed by atoms with Gasteiger partial charge in [0.15, 0.2) is 5.82 Å². The van der Waals surface area contributed by atoms with Crippen LogP contribution in [0.3, 0.4) is 0 Å². The Hall–Kier alpha value is -3.61. The molecule has 0 radical (unpaired) electrons. The Morgan fingerprint density at radius 1 is 0.759 bits per heavy atom. The Morgan fingerprint density at radius 2 is 1.24 bits per heavy atom. The van der Waals surface area contributed by atoms with Gasteiger partial charge in [-0.15, -0.1) is 10.2 Å². The molecule has 0 aliphatic heterocycles. The molecule has 2 aromatic carbocycles. The molecule has 7 nitrogen and oxygen atoms in total. The van der Waals surface area contributed by atoms with E-state index in [2.05, 4.69) is 15.2 Å². The Labute approximate surface area is 168 Å². The molecule has 1 aromatic heterocycles. The van der Waals surface area contributed by atoms with Gasteiger partial charge in [0.2, 0.25) is 5.92 Å². The highest BCUT2D eigenvalue weighted by Crippen LogP contribution is 2.29. The molecule has 1 heterocycles. The molecule has 0 bridgehead atoms. The van der Waals surface area contributed by atoms with Crippen molar-refractivity contribution in [2.75, 3.05) is 13.2 Å². The van der Waals surface area contributed by atoms with Gasteiger partial charge < -0.3 is 9.47 Å². The maximum Gasteiger partial charge on any atom is 0.328 e. The molecule has 3 aromatic rings. The van der Waals surface area contributed by atoms with Gasteiger partial charge in [-0.25, -0.2) is 4.98 Å². The number of carbonyl (C=O) groups excluding carboxylic acids is 2. The standard InChI is InChI=1S/C22H21N3O4/c1-3-28-21(26)17(22(27)29-4-2)20-23-18(15-11-7-5-8-12-15)19(24-25-20)16-13-9-6-10-14-16/h5-14,17H,3-4H2,1-2H3. The number of benzene rings is 2. The van der Waals surface area contributed by atoms with E-state index >= 15 is 0 Å². The van der Waals surface area contributed by atoms with Crippen LogP contribution < -0.4 is 0 Å². The van der Waals surface area contributed by atoms with E-state index in [1.165, 1.54) is 0 Å². The van der Waals surface area contributed by atoms with Crippen molar-refractivity contribution in [2.24, 2.45) is 0 Å². The molecule has 0 aliphatic rings. The third-order valence-electron chi connectivity index (χ3n) is 4.10. The van der Waals surface area contributed by atoms with Gasteiger partial charge in [0.1, 0.15) is 11.4 Å². The molecule has 0 fully saturated rings. The molecule has 3 rings (SSSR count). The van der Waals surface area contributed by atoms with Crippen molar-refractivity contribution in [1.82, 2.24) is 15.2 Å². The minimum Gasteiger partial charge on any atom is -0.465 e. The van der Waals surface area contributed by atoms with Gasteiger partial charge >= 0.3 is 11.9 Å². The predicted molar refractivity (Wildman–Crippen MR) is 107 cm³/mol.